The zero-order chi connectivity index (χ0) is 18.1. The van der Waals surface area contributed by atoms with Crippen molar-refractivity contribution in [1.29, 1.82) is 0 Å². The molecule has 0 amide bonds. The summed E-state index contributed by atoms with van der Waals surface area (Å²) in [4.78, 5) is 0. The lowest BCUT2D eigenvalue weighted by atomic mass is 10.1. The van der Waals surface area contributed by atoms with Crippen LogP contribution >= 0.6 is 0 Å². The minimum atomic E-state index is -0.611. The summed E-state index contributed by atoms with van der Waals surface area (Å²) < 4.78 is 5.49. The van der Waals surface area contributed by atoms with Crippen molar-refractivity contribution in [2.75, 3.05) is 27.2 Å². The molecule has 0 heterocycles. The van der Waals surface area contributed by atoms with Crippen LogP contribution < -0.4 is 0 Å². The first kappa shape index (κ1) is 23.8. The highest BCUT2D eigenvalue weighted by Crippen LogP contribution is 2.11. The van der Waals surface area contributed by atoms with Crippen molar-refractivity contribution in [1.82, 2.24) is 0 Å². The van der Waals surface area contributed by atoms with E-state index in [4.69, 9.17) is 4.74 Å². The average molecular weight is 347 g/mol. The van der Waals surface area contributed by atoms with Gasteiger partial charge < -0.3 is 9.84 Å². The Bertz CT molecular complexity index is 254. The molecule has 0 saturated heterocycles. The first-order chi connectivity index (χ1) is 11.5. The Kier molecular flexibility index (Phi) is 16.2. The molecule has 0 aromatic rings. The molecule has 2 N–H and O–H groups in total. The Hall–Kier alpha value is -0.160. The van der Waals surface area contributed by atoms with Gasteiger partial charge in [-0.05, 0) is 32.1 Å². The Morgan fingerprint density at radius 3 is 1.79 bits per heavy atom. The molecule has 0 aliphatic carbocycles. The standard InChI is InChI=1S/C20H44NO3/c1-4-5-6-7-8-9-10-11-12-16-19-24-20(22)17-14-13-15-18-21(2,3)23/h20,22-23H,4-19H2,1-3H3/q+1. The second kappa shape index (κ2) is 16.3. The van der Waals surface area contributed by atoms with Crippen LogP contribution in [-0.2, 0) is 4.74 Å². The fourth-order valence-electron chi connectivity index (χ4n) is 2.89. The van der Waals surface area contributed by atoms with Gasteiger partial charge >= 0.3 is 0 Å². The summed E-state index contributed by atoms with van der Waals surface area (Å²) in [5, 5.41) is 19.3. The number of rotatable bonds is 18. The quantitative estimate of drug-likeness (QED) is 0.154. The molecule has 0 bridgehead atoms. The Morgan fingerprint density at radius 1 is 0.750 bits per heavy atom. The van der Waals surface area contributed by atoms with Crippen molar-refractivity contribution in [3.63, 3.8) is 0 Å². The fourth-order valence-corrected chi connectivity index (χ4v) is 2.89. The van der Waals surface area contributed by atoms with Gasteiger partial charge in [0.2, 0.25) is 0 Å². The zero-order valence-electron chi connectivity index (χ0n) is 16.6. The molecule has 0 rings (SSSR count). The van der Waals surface area contributed by atoms with Crippen molar-refractivity contribution >= 4 is 0 Å². The Labute approximate surface area is 150 Å². The van der Waals surface area contributed by atoms with Gasteiger partial charge in [0, 0.05) is 6.61 Å². The van der Waals surface area contributed by atoms with E-state index in [0.717, 1.165) is 32.2 Å². The van der Waals surface area contributed by atoms with Crippen LogP contribution in [0.4, 0.5) is 0 Å². The third-order valence-electron chi connectivity index (χ3n) is 4.46. The van der Waals surface area contributed by atoms with E-state index in [0.29, 0.717) is 13.0 Å². The van der Waals surface area contributed by atoms with Crippen LogP contribution in [0.1, 0.15) is 96.8 Å². The third kappa shape index (κ3) is 19.9. The van der Waals surface area contributed by atoms with Crippen LogP contribution in [0, 0.1) is 0 Å². The summed E-state index contributed by atoms with van der Waals surface area (Å²) in [6.07, 6.45) is 16.2. The van der Waals surface area contributed by atoms with Crippen molar-refractivity contribution < 1.29 is 19.7 Å². The number of aliphatic hydroxyl groups excluding tert-OH is 1. The van der Waals surface area contributed by atoms with Gasteiger partial charge in [0.05, 0.1) is 14.1 Å². The Morgan fingerprint density at radius 2 is 1.25 bits per heavy atom. The molecule has 4 nitrogen and oxygen atoms in total. The fraction of sp³-hybridized carbons (Fsp3) is 1.00. The molecule has 1 atom stereocenters. The van der Waals surface area contributed by atoms with E-state index >= 15 is 0 Å². The van der Waals surface area contributed by atoms with Crippen molar-refractivity contribution in [3.8, 4) is 0 Å². The van der Waals surface area contributed by atoms with Crippen LogP contribution in [0.15, 0.2) is 0 Å². The molecular formula is C20H44NO3+. The molecule has 24 heavy (non-hydrogen) atoms. The van der Waals surface area contributed by atoms with Gasteiger partial charge in [-0.1, -0.05) is 64.7 Å². The highest BCUT2D eigenvalue weighted by molar-refractivity contribution is 4.49. The van der Waals surface area contributed by atoms with Crippen LogP contribution in [0.3, 0.4) is 0 Å². The third-order valence-corrected chi connectivity index (χ3v) is 4.46. The lowest BCUT2D eigenvalue weighted by Gasteiger charge is -2.19. The SMILES string of the molecule is CCCCCCCCCCCCOC(O)CCCCC[N+](C)(C)O. The van der Waals surface area contributed by atoms with E-state index < -0.39 is 6.29 Å². The van der Waals surface area contributed by atoms with E-state index in [1.165, 1.54) is 57.8 Å². The number of ether oxygens (including phenoxy) is 1. The predicted molar refractivity (Wildman–Crippen MR) is 101 cm³/mol. The maximum absolute atomic E-state index is 9.78. The van der Waals surface area contributed by atoms with Gasteiger partial charge in [0.25, 0.3) is 0 Å². The monoisotopic (exact) mass is 346 g/mol. The van der Waals surface area contributed by atoms with E-state index in [2.05, 4.69) is 6.92 Å². The van der Waals surface area contributed by atoms with E-state index in [9.17, 15) is 10.3 Å². The number of quaternary nitrogens is 1. The van der Waals surface area contributed by atoms with E-state index in [1.807, 2.05) is 0 Å². The smallest absolute Gasteiger partial charge is 0.154 e. The lowest BCUT2D eigenvalue weighted by molar-refractivity contribution is -1.07. The first-order valence-corrected chi connectivity index (χ1v) is 10.3. The molecule has 0 aliphatic rings. The normalized spacial score (nSPS) is 13.4. The molecule has 0 saturated carbocycles. The van der Waals surface area contributed by atoms with Gasteiger partial charge in [0.15, 0.2) is 6.29 Å². The topological polar surface area (TPSA) is 49.7 Å². The molecular weight excluding hydrogens is 302 g/mol. The zero-order valence-corrected chi connectivity index (χ0v) is 16.6. The summed E-state index contributed by atoms with van der Waals surface area (Å²) in [5.74, 6) is 0. The molecule has 0 radical (unpaired) electrons. The number of hydrogen-bond donors (Lipinski definition) is 2. The maximum atomic E-state index is 9.78. The Balaban J connectivity index is 3.19. The number of aliphatic hydroxyl groups is 1. The molecule has 0 aromatic heterocycles. The molecule has 146 valence electrons. The van der Waals surface area contributed by atoms with Crippen molar-refractivity contribution in [2.45, 2.75) is 103 Å². The molecule has 0 aromatic carbocycles. The summed E-state index contributed by atoms with van der Waals surface area (Å²) in [7, 11) is 3.56. The van der Waals surface area contributed by atoms with Gasteiger partial charge in [-0.2, -0.15) is 4.65 Å². The van der Waals surface area contributed by atoms with Crippen LogP contribution in [0.5, 0.6) is 0 Å². The minimum Gasteiger partial charge on any atom is -0.368 e. The van der Waals surface area contributed by atoms with Gasteiger partial charge in [-0.25, -0.2) is 5.21 Å². The summed E-state index contributed by atoms with van der Waals surface area (Å²) in [6, 6.07) is 0. The van der Waals surface area contributed by atoms with Crippen molar-refractivity contribution in [3.05, 3.63) is 0 Å². The number of unbranched alkanes of at least 4 members (excludes halogenated alkanes) is 11. The molecule has 1 unspecified atom stereocenters. The van der Waals surface area contributed by atoms with Gasteiger partial charge in [-0.3, -0.25) is 0 Å². The summed E-state index contributed by atoms with van der Waals surface area (Å²) in [5.41, 5.74) is 0. The minimum absolute atomic E-state index is 0.0256. The number of hydrogen-bond acceptors (Lipinski definition) is 3. The molecule has 0 fully saturated rings. The van der Waals surface area contributed by atoms with Crippen molar-refractivity contribution in [2.24, 2.45) is 0 Å². The van der Waals surface area contributed by atoms with Gasteiger partial charge in [-0.15, -0.1) is 0 Å². The second-order valence-corrected chi connectivity index (χ2v) is 7.70. The average Bonchev–Trinajstić information content (AvgIpc) is 2.51. The number of hydroxylamine groups is 3. The largest absolute Gasteiger partial charge is 0.368 e. The van der Waals surface area contributed by atoms with E-state index in [1.54, 1.807) is 14.1 Å². The molecule has 0 spiro atoms. The highest BCUT2D eigenvalue weighted by Gasteiger charge is 2.10. The van der Waals surface area contributed by atoms with Crippen LogP contribution in [0.2, 0.25) is 0 Å². The first-order valence-electron chi connectivity index (χ1n) is 10.3. The number of nitrogens with zero attached hydrogens (tertiary/aromatic N) is 1. The summed E-state index contributed by atoms with van der Waals surface area (Å²) >= 11 is 0. The van der Waals surface area contributed by atoms with E-state index in [-0.39, 0.29) is 4.65 Å². The summed E-state index contributed by atoms with van der Waals surface area (Å²) in [6.45, 7) is 3.70. The predicted octanol–water partition coefficient (Wildman–Crippen LogP) is 5.27. The second-order valence-electron chi connectivity index (χ2n) is 7.70. The molecule has 4 heteroatoms. The van der Waals surface area contributed by atoms with Gasteiger partial charge in [0.1, 0.15) is 6.54 Å². The highest BCUT2D eigenvalue weighted by atomic mass is 16.6. The maximum Gasteiger partial charge on any atom is 0.154 e. The molecule has 0 aliphatic heterocycles. The van der Waals surface area contributed by atoms with Crippen LogP contribution in [-0.4, -0.2) is 48.5 Å². The lowest BCUT2D eigenvalue weighted by Crippen LogP contribution is -2.36. The van der Waals surface area contributed by atoms with Crippen LogP contribution in [0.25, 0.3) is 0 Å².